The number of nitrogens with zero attached hydrogens (tertiary/aromatic N) is 1. The number of benzene rings is 1. The molecule has 0 saturated carbocycles. The molecule has 2 N–H and O–H groups in total. The molecular weight excluding hydrogens is 265 g/mol. The van der Waals surface area contributed by atoms with Gasteiger partial charge in [-0.05, 0) is 30.2 Å². The number of halogens is 3. The van der Waals surface area contributed by atoms with Crippen molar-refractivity contribution >= 4 is 5.69 Å². The molecule has 114 valence electrons. The van der Waals surface area contributed by atoms with Gasteiger partial charge in [0.05, 0.1) is 5.56 Å². The van der Waals surface area contributed by atoms with Gasteiger partial charge in [-0.2, -0.15) is 13.2 Å². The molecule has 20 heavy (non-hydrogen) atoms. The van der Waals surface area contributed by atoms with Gasteiger partial charge >= 0.3 is 6.18 Å². The van der Waals surface area contributed by atoms with Gasteiger partial charge in [-0.3, -0.25) is 4.90 Å². The van der Waals surface area contributed by atoms with E-state index in [1.54, 1.807) is 0 Å². The van der Waals surface area contributed by atoms with Crippen molar-refractivity contribution in [2.24, 2.45) is 5.92 Å². The van der Waals surface area contributed by atoms with Gasteiger partial charge in [-0.15, -0.1) is 0 Å². The van der Waals surface area contributed by atoms with Crippen molar-refractivity contribution in [1.82, 2.24) is 4.90 Å². The van der Waals surface area contributed by atoms with Crippen LogP contribution in [0.4, 0.5) is 18.9 Å². The van der Waals surface area contributed by atoms with Crippen LogP contribution in [0.1, 0.15) is 38.3 Å². The van der Waals surface area contributed by atoms with Crippen LogP contribution in [0.2, 0.25) is 0 Å². The fraction of sp³-hybridized carbons (Fsp3) is 0.600. The van der Waals surface area contributed by atoms with E-state index in [9.17, 15) is 13.2 Å². The molecule has 1 unspecified atom stereocenters. The van der Waals surface area contributed by atoms with Crippen LogP contribution in [0.5, 0.6) is 0 Å². The Morgan fingerprint density at radius 2 is 1.90 bits per heavy atom. The number of anilines is 1. The Kier molecular flexibility index (Phi) is 5.87. The molecule has 0 spiro atoms. The van der Waals surface area contributed by atoms with E-state index in [-0.39, 0.29) is 11.3 Å². The van der Waals surface area contributed by atoms with Gasteiger partial charge in [0.15, 0.2) is 0 Å². The Balaban J connectivity index is 2.95. The summed E-state index contributed by atoms with van der Waals surface area (Å²) in [6.07, 6.45) is -3.34. The summed E-state index contributed by atoms with van der Waals surface area (Å²) in [4.78, 5) is 2.04. The number of rotatable bonds is 6. The fourth-order valence-electron chi connectivity index (χ4n) is 2.11. The van der Waals surface area contributed by atoms with Gasteiger partial charge in [-0.25, -0.2) is 0 Å². The molecule has 1 rings (SSSR count). The average Bonchev–Trinajstić information content (AvgIpc) is 2.38. The molecule has 1 aromatic carbocycles. The van der Waals surface area contributed by atoms with Crippen molar-refractivity contribution in [2.45, 2.75) is 39.9 Å². The minimum Gasteiger partial charge on any atom is -0.399 e. The van der Waals surface area contributed by atoms with Crippen LogP contribution < -0.4 is 5.73 Å². The van der Waals surface area contributed by atoms with Crippen LogP contribution in [-0.4, -0.2) is 18.0 Å². The Hall–Kier alpha value is -1.23. The third kappa shape index (κ3) is 4.71. The summed E-state index contributed by atoms with van der Waals surface area (Å²) in [7, 11) is 0. The lowest BCUT2D eigenvalue weighted by molar-refractivity contribution is -0.138. The fourth-order valence-corrected chi connectivity index (χ4v) is 2.11. The van der Waals surface area contributed by atoms with E-state index in [0.717, 1.165) is 25.6 Å². The first-order valence-electron chi connectivity index (χ1n) is 6.95. The second kappa shape index (κ2) is 6.97. The zero-order chi connectivity index (χ0) is 15.3. The third-order valence-electron chi connectivity index (χ3n) is 3.55. The zero-order valence-corrected chi connectivity index (χ0v) is 12.3. The Morgan fingerprint density at radius 3 is 2.40 bits per heavy atom. The summed E-state index contributed by atoms with van der Waals surface area (Å²) in [5.41, 5.74) is 5.28. The third-order valence-corrected chi connectivity index (χ3v) is 3.55. The molecule has 0 aliphatic heterocycles. The van der Waals surface area contributed by atoms with E-state index in [0.29, 0.717) is 12.5 Å². The maximum Gasteiger partial charge on any atom is 0.416 e. The molecule has 0 aliphatic rings. The number of nitrogens with two attached hydrogens (primary N) is 1. The van der Waals surface area contributed by atoms with Crippen molar-refractivity contribution in [3.63, 3.8) is 0 Å². The number of hydrogen-bond donors (Lipinski definition) is 1. The van der Waals surface area contributed by atoms with Gasteiger partial charge in [0.1, 0.15) is 0 Å². The molecule has 0 fully saturated rings. The summed E-state index contributed by atoms with van der Waals surface area (Å²) in [6, 6.07) is 4.03. The van der Waals surface area contributed by atoms with Gasteiger partial charge < -0.3 is 5.73 Å². The van der Waals surface area contributed by atoms with Gasteiger partial charge in [0, 0.05) is 18.8 Å². The van der Waals surface area contributed by atoms with E-state index in [1.165, 1.54) is 12.1 Å². The van der Waals surface area contributed by atoms with Crippen molar-refractivity contribution in [3.05, 3.63) is 29.3 Å². The van der Waals surface area contributed by atoms with Crippen molar-refractivity contribution in [1.29, 1.82) is 0 Å². The Morgan fingerprint density at radius 1 is 1.25 bits per heavy atom. The molecule has 0 heterocycles. The van der Waals surface area contributed by atoms with E-state index in [1.807, 2.05) is 11.8 Å². The SMILES string of the molecule is CCC(C)CN(CC)Cc1ccc(N)cc1C(F)(F)F. The lowest BCUT2D eigenvalue weighted by atomic mass is 10.0. The Labute approximate surface area is 118 Å². The monoisotopic (exact) mass is 288 g/mol. The normalized spacial score (nSPS) is 13.8. The number of nitrogen functional groups attached to an aromatic ring is 1. The summed E-state index contributed by atoms with van der Waals surface area (Å²) in [5.74, 6) is 0.470. The number of hydrogen-bond acceptors (Lipinski definition) is 2. The standard InChI is InChI=1S/C15H23F3N2/c1-4-11(3)9-20(5-2)10-12-6-7-13(19)8-14(12)15(16,17)18/h6-8,11H,4-5,9-10,19H2,1-3H3. The molecule has 0 aromatic heterocycles. The molecule has 1 aromatic rings. The first-order chi connectivity index (χ1) is 9.27. The van der Waals surface area contributed by atoms with Crippen LogP contribution in [0.25, 0.3) is 0 Å². The first-order valence-corrected chi connectivity index (χ1v) is 6.95. The zero-order valence-electron chi connectivity index (χ0n) is 12.3. The van der Waals surface area contributed by atoms with Crippen LogP contribution in [0.15, 0.2) is 18.2 Å². The van der Waals surface area contributed by atoms with Crippen LogP contribution in [0, 0.1) is 5.92 Å². The predicted octanol–water partition coefficient (Wildman–Crippen LogP) is 4.16. The highest BCUT2D eigenvalue weighted by Crippen LogP contribution is 2.34. The minimum atomic E-state index is -4.36. The van der Waals surface area contributed by atoms with E-state index in [4.69, 9.17) is 5.73 Å². The summed E-state index contributed by atoms with van der Waals surface area (Å²) >= 11 is 0. The van der Waals surface area contributed by atoms with E-state index >= 15 is 0 Å². The summed E-state index contributed by atoms with van der Waals surface area (Å²) < 4.78 is 39.1. The highest BCUT2D eigenvalue weighted by Gasteiger charge is 2.33. The lowest BCUT2D eigenvalue weighted by Gasteiger charge is -2.25. The van der Waals surface area contributed by atoms with Crippen molar-refractivity contribution in [3.8, 4) is 0 Å². The second-order valence-electron chi connectivity index (χ2n) is 5.26. The molecule has 1 atom stereocenters. The predicted molar refractivity (Wildman–Crippen MR) is 76.3 cm³/mol. The van der Waals surface area contributed by atoms with Crippen LogP contribution in [0.3, 0.4) is 0 Å². The van der Waals surface area contributed by atoms with Crippen LogP contribution in [-0.2, 0) is 12.7 Å². The Bertz CT molecular complexity index is 430. The van der Waals surface area contributed by atoms with Gasteiger partial charge in [-0.1, -0.05) is 33.3 Å². The van der Waals surface area contributed by atoms with Gasteiger partial charge in [0.25, 0.3) is 0 Å². The molecule has 0 bridgehead atoms. The van der Waals surface area contributed by atoms with Crippen molar-refractivity contribution in [2.75, 3.05) is 18.8 Å². The second-order valence-corrected chi connectivity index (χ2v) is 5.26. The number of alkyl halides is 3. The molecular formula is C15H23F3N2. The topological polar surface area (TPSA) is 29.3 Å². The van der Waals surface area contributed by atoms with Crippen LogP contribution >= 0.6 is 0 Å². The average molecular weight is 288 g/mol. The van der Waals surface area contributed by atoms with E-state index in [2.05, 4.69) is 13.8 Å². The maximum absolute atomic E-state index is 13.0. The highest BCUT2D eigenvalue weighted by molar-refractivity contribution is 5.46. The van der Waals surface area contributed by atoms with Crippen molar-refractivity contribution < 1.29 is 13.2 Å². The summed E-state index contributed by atoms with van der Waals surface area (Å²) in [5, 5.41) is 0. The van der Waals surface area contributed by atoms with Gasteiger partial charge in [0.2, 0.25) is 0 Å². The highest BCUT2D eigenvalue weighted by atomic mass is 19.4. The quantitative estimate of drug-likeness (QED) is 0.797. The minimum absolute atomic E-state index is 0.144. The largest absolute Gasteiger partial charge is 0.416 e. The first kappa shape index (κ1) is 16.8. The van der Waals surface area contributed by atoms with E-state index < -0.39 is 11.7 Å². The molecule has 0 amide bonds. The smallest absolute Gasteiger partial charge is 0.399 e. The molecule has 2 nitrogen and oxygen atoms in total. The maximum atomic E-state index is 13.0. The molecule has 0 aliphatic carbocycles. The molecule has 0 saturated heterocycles. The lowest BCUT2D eigenvalue weighted by Crippen LogP contribution is -2.29. The summed E-state index contributed by atoms with van der Waals surface area (Å²) in [6.45, 7) is 7.99. The molecule has 0 radical (unpaired) electrons. The molecule has 5 heteroatoms.